The highest BCUT2D eigenvalue weighted by molar-refractivity contribution is 6.03. The Balaban J connectivity index is 2.89. The Kier molecular flexibility index (Phi) is 5.23. The summed E-state index contributed by atoms with van der Waals surface area (Å²) >= 11 is 0. The van der Waals surface area contributed by atoms with E-state index in [-0.39, 0.29) is 23.4 Å². The normalized spacial score (nSPS) is 9.40. The van der Waals surface area contributed by atoms with Crippen molar-refractivity contribution >= 4 is 17.7 Å². The van der Waals surface area contributed by atoms with Crippen molar-refractivity contribution in [3.8, 4) is 12.3 Å². The van der Waals surface area contributed by atoms with Gasteiger partial charge in [0.25, 0.3) is 11.6 Å². The number of nitro groups is 1. The Morgan fingerprint density at radius 3 is 2.75 bits per heavy atom. The molecule has 1 aromatic carbocycles. The van der Waals surface area contributed by atoms with E-state index in [0.717, 1.165) is 6.07 Å². The van der Waals surface area contributed by atoms with E-state index in [9.17, 15) is 19.7 Å². The van der Waals surface area contributed by atoms with Crippen LogP contribution in [-0.2, 0) is 4.74 Å². The maximum Gasteiger partial charge on any atom is 0.414 e. The van der Waals surface area contributed by atoms with Gasteiger partial charge >= 0.3 is 6.09 Å². The molecule has 1 N–H and O–H groups in total. The van der Waals surface area contributed by atoms with Crippen molar-refractivity contribution in [1.29, 1.82) is 0 Å². The van der Waals surface area contributed by atoms with E-state index < -0.39 is 16.9 Å². The summed E-state index contributed by atoms with van der Waals surface area (Å²) in [5.74, 6) is 1.35. The Morgan fingerprint density at radius 2 is 2.20 bits per heavy atom. The van der Waals surface area contributed by atoms with Crippen LogP contribution in [0.25, 0.3) is 0 Å². The molecule has 7 heteroatoms. The largest absolute Gasteiger partial charge is 0.449 e. The summed E-state index contributed by atoms with van der Waals surface area (Å²) in [6.45, 7) is 1.98. The van der Waals surface area contributed by atoms with Crippen molar-refractivity contribution in [2.75, 3.05) is 6.61 Å². The van der Waals surface area contributed by atoms with E-state index in [0.29, 0.717) is 6.42 Å². The molecule has 7 nitrogen and oxygen atoms in total. The van der Waals surface area contributed by atoms with Gasteiger partial charge in [0, 0.05) is 11.6 Å². The summed E-state index contributed by atoms with van der Waals surface area (Å²) < 4.78 is 4.67. The number of alkyl carbamates (subject to hydrolysis) is 1. The Morgan fingerprint density at radius 1 is 1.50 bits per heavy atom. The van der Waals surface area contributed by atoms with Gasteiger partial charge in [0.2, 0.25) is 0 Å². The van der Waals surface area contributed by atoms with Crippen LogP contribution in [0.2, 0.25) is 0 Å². The van der Waals surface area contributed by atoms with Crippen LogP contribution in [0.4, 0.5) is 10.5 Å². The molecular weight excluding hydrogens is 264 g/mol. The molecule has 2 amide bonds. The molecule has 0 spiro atoms. The van der Waals surface area contributed by atoms with Gasteiger partial charge in [0.1, 0.15) is 5.56 Å². The van der Waals surface area contributed by atoms with Crippen molar-refractivity contribution in [1.82, 2.24) is 5.32 Å². The molecule has 0 atom stereocenters. The highest BCUT2D eigenvalue weighted by atomic mass is 16.6. The average molecular weight is 276 g/mol. The van der Waals surface area contributed by atoms with Crippen LogP contribution in [0.3, 0.4) is 0 Å². The number of terminal acetylenes is 1. The molecule has 0 fully saturated rings. The summed E-state index contributed by atoms with van der Waals surface area (Å²) in [4.78, 5) is 33.0. The highest BCUT2D eigenvalue weighted by Gasteiger charge is 2.18. The highest BCUT2D eigenvalue weighted by Crippen LogP contribution is 2.19. The third kappa shape index (κ3) is 3.81. The minimum Gasteiger partial charge on any atom is -0.449 e. The second kappa shape index (κ2) is 6.89. The smallest absolute Gasteiger partial charge is 0.414 e. The van der Waals surface area contributed by atoms with Crippen molar-refractivity contribution in [3.05, 3.63) is 39.4 Å². The molecule has 1 rings (SSSR count). The fraction of sp³-hybridized carbons (Fsp3) is 0.231. The topological polar surface area (TPSA) is 98.5 Å². The first-order chi connectivity index (χ1) is 9.49. The SMILES string of the molecule is C#Cc1ccc(C(=O)NC(=O)OCCC)cc1[N+](=O)[O-]. The lowest BCUT2D eigenvalue weighted by Gasteiger charge is -2.05. The van der Waals surface area contributed by atoms with Crippen LogP contribution in [0.5, 0.6) is 0 Å². The zero-order valence-electron chi connectivity index (χ0n) is 10.7. The van der Waals surface area contributed by atoms with E-state index in [1.165, 1.54) is 12.1 Å². The number of nitro benzene ring substituents is 1. The molecule has 20 heavy (non-hydrogen) atoms. The number of rotatable bonds is 4. The van der Waals surface area contributed by atoms with Crippen LogP contribution >= 0.6 is 0 Å². The van der Waals surface area contributed by atoms with Gasteiger partial charge in [-0.25, -0.2) is 4.79 Å². The lowest BCUT2D eigenvalue weighted by atomic mass is 10.1. The van der Waals surface area contributed by atoms with Gasteiger partial charge in [-0.2, -0.15) is 0 Å². The maximum absolute atomic E-state index is 11.7. The Bertz CT molecular complexity index is 589. The molecule has 0 aliphatic carbocycles. The quantitative estimate of drug-likeness (QED) is 0.514. The number of benzene rings is 1. The monoisotopic (exact) mass is 276 g/mol. The third-order valence-electron chi connectivity index (χ3n) is 2.26. The molecule has 0 bridgehead atoms. The van der Waals surface area contributed by atoms with Crippen LogP contribution in [-0.4, -0.2) is 23.5 Å². The minimum absolute atomic E-state index is 0.0517. The fourth-order valence-electron chi connectivity index (χ4n) is 1.34. The van der Waals surface area contributed by atoms with Crippen LogP contribution < -0.4 is 5.32 Å². The minimum atomic E-state index is -0.902. The standard InChI is InChI=1S/C13H12N2O5/c1-3-7-20-13(17)14-12(16)10-6-5-9(4-2)11(8-10)15(18)19/h2,5-6,8H,3,7H2,1H3,(H,14,16,17). The summed E-state index contributed by atoms with van der Waals surface area (Å²) in [7, 11) is 0. The average Bonchev–Trinajstić information content (AvgIpc) is 2.44. The van der Waals surface area contributed by atoms with Gasteiger partial charge in [0.15, 0.2) is 0 Å². The van der Waals surface area contributed by atoms with E-state index >= 15 is 0 Å². The lowest BCUT2D eigenvalue weighted by molar-refractivity contribution is -0.385. The number of nitrogens with one attached hydrogen (secondary N) is 1. The summed E-state index contributed by atoms with van der Waals surface area (Å²) in [6.07, 6.45) is 4.83. The van der Waals surface area contributed by atoms with Crippen molar-refractivity contribution < 1.29 is 19.2 Å². The number of carbonyl (C=O) groups excluding carboxylic acids is 2. The van der Waals surface area contributed by atoms with Gasteiger partial charge in [-0.15, -0.1) is 6.42 Å². The summed E-state index contributed by atoms with van der Waals surface area (Å²) in [6, 6.07) is 3.58. The number of ether oxygens (including phenoxy) is 1. The molecule has 0 aliphatic rings. The second-order valence-corrected chi connectivity index (χ2v) is 3.72. The molecule has 0 unspecified atom stereocenters. The molecule has 104 valence electrons. The third-order valence-corrected chi connectivity index (χ3v) is 2.26. The van der Waals surface area contributed by atoms with E-state index in [1.807, 2.05) is 5.32 Å². The molecule has 1 aromatic rings. The number of nitrogens with zero attached hydrogens (tertiary/aromatic N) is 1. The number of amides is 2. The molecule has 0 saturated heterocycles. The van der Waals surface area contributed by atoms with Crippen molar-refractivity contribution in [2.24, 2.45) is 0 Å². The van der Waals surface area contributed by atoms with Gasteiger partial charge in [-0.05, 0) is 18.6 Å². The molecule has 0 saturated carbocycles. The fourth-order valence-corrected chi connectivity index (χ4v) is 1.34. The van der Waals surface area contributed by atoms with Gasteiger partial charge in [0.05, 0.1) is 11.5 Å². The summed E-state index contributed by atoms with van der Waals surface area (Å²) in [5, 5.41) is 12.8. The molecule has 0 aliphatic heterocycles. The van der Waals surface area contributed by atoms with Crippen LogP contribution in [0, 0.1) is 22.5 Å². The van der Waals surface area contributed by atoms with Crippen molar-refractivity contribution in [3.63, 3.8) is 0 Å². The van der Waals surface area contributed by atoms with Gasteiger partial charge in [-0.3, -0.25) is 20.2 Å². The van der Waals surface area contributed by atoms with Crippen molar-refractivity contribution in [2.45, 2.75) is 13.3 Å². The molecule has 0 radical (unpaired) electrons. The first kappa shape index (κ1) is 15.2. The number of hydrogen-bond donors (Lipinski definition) is 1. The zero-order chi connectivity index (χ0) is 15.1. The first-order valence-electron chi connectivity index (χ1n) is 5.72. The predicted octanol–water partition coefficient (Wildman–Crippen LogP) is 1.85. The van der Waals surface area contributed by atoms with E-state index in [4.69, 9.17) is 6.42 Å². The zero-order valence-corrected chi connectivity index (χ0v) is 10.7. The van der Waals surface area contributed by atoms with E-state index in [2.05, 4.69) is 10.7 Å². The second-order valence-electron chi connectivity index (χ2n) is 3.72. The first-order valence-corrected chi connectivity index (χ1v) is 5.72. The van der Waals surface area contributed by atoms with Gasteiger partial charge in [-0.1, -0.05) is 12.8 Å². The molecule has 0 heterocycles. The Labute approximate surface area is 115 Å². The van der Waals surface area contributed by atoms with Crippen LogP contribution in [0.1, 0.15) is 29.3 Å². The molecular formula is C13H12N2O5. The van der Waals surface area contributed by atoms with Crippen LogP contribution in [0.15, 0.2) is 18.2 Å². The maximum atomic E-state index is 11.7. The molecule has 0 aromatic heterocycles. The number of imide groups is 1. The van der Waals surface area contributed by atoms with E-state index in [1.54, 1.807) is 6.92 Å². The summed E-state index contributed by atoms with van der Waals surface area (Å²) in [5.41, 5.74) is -0.369. The Hall–Kier alpha value is -2.88. The number of hydrogen-bond acceptors (Lipinski definition) is 5. The predicted molar refractivity (Wildman–Crippen MR) is 70.1 cm³/mol. The lowest BCUT2D eigenvalue weighted by Crippen LogP contribution is -2.31. The van der Waals surface area contributed by atoms with Gasteiger partial charge < -0.3 is 4.74 Å². The number of carbonyl (C=O) groups is 2.